The fourth-order valence-electron chi connectivity index (χ4n) is 4.63. The van der Waals surface area contributed by atoms with Crippen LogP contribution in [0.3, 0.4) is 0 Å². The molecule has 0 N–H and O–H groups in total. The van der Waals surface area contributed by atoms with Crippen molar-refractivity contribution in [3.05, 3.63) is 50.7 Å². The van der Waals surface area contributed by atoms with Crippen LogP contribution in [0.1, 0.15) is 80.7 Å². The van der Waals surface area contributed by atoms with Crippen molar-refractivity contribution in [2.24, 2.45) is 11.8 Å². The highest BCUT2D eigenvalue weighted by atomic mass is 28.2. The molecule has 1 aliphatic rings. The molecule has 0 spiro atoms. The van der Waals surface area contributed by atoms with Crippen LogP contribution in [0.4, 0.5) is 0 Å². The van der Waals surface area contributed by atoms with Gasteiger partial charge in [-0.15, -0.1) is 0 Å². The summed E-state index contributed by atoms with van der Waals surface area (Å²) in [4.78, 5) is 0. The first-order chi connectivity index (χ1) is 12.3. The fourth-order valence-corrected chi connectivity index (χ4v) is 7.14. The number of hydrogen-bond acceptors (Lipinski definition) is 0. The average molecular weight is 369 g/mol. The molecule has 0 radical (unpaired) electrons. The number of benzene rings is 1. The van der Waals surface area contributed by atoms with E-state index in [0.29, 0.717) is 5.92 Å². The predicted molar refractivity (Wildman–Crippen MR) is 122 cm³/mol. The Morgan fingerprint density at radius 1 is 0.885 bits per heavy atom. The predicted octanol–water partition coefficient (Wildman–Crippen LogP) is 6.09. The van der Waals surface area contributed by atoms with Crippen LogP contribution in [0, 0.1) is 46.5 Å². The lowest BCUT2D eigenvalue weighted by molar-refractivity contribution is 0.526. The molecule has 2 rings (SSSR count). The number of unbranched alkanes of at least 4 members (excludes halogenated alkanes) is 2. The summed E-state index contributed by atoms with van der Waals surface area (Å²) in [6.07, 6.45) is 11.8. The molecule has 1 aromatic carbocycles. The van der Waals surface area contributed by atoms with E-state index < -0.39 is 9.52 Å². The summed E-state index contributed by atoms with van der Waals surface area (Å²) in [7, 11) is -0.419. The van der Waals surface area contributed by atoms with Crippen molar-refractivity contribution in [1.82, 2.24) is 0 Å². The molecule has 0 fully saturated rings. The molecule has 144 valence electrons. The van der Waals surface area contributed by atoms with Crippen LogP contribution in [0.2, 0.25) is 0 Å². The smallest absolute Gasteiger partial charge is 0.0775 e. The maximum atomic E-state index is 2.54. The first-order valence-electron chi connectivity index (χ1n) is 10.8. The Morgan fingerprint density at radius 2 is 1.46 bits per heavy atom. The maximum Gasteiger partial charge on any atom is 0.0882 e. The third-order valence-corrected chi connectivity index (χ3v) is 9.52. The lowest BCUT2D eigenvalue weighted by atomic mass is 9.86. The number of allylic oxidation sites excluding steroid dienone is 4. The van der Waals surface area contributed by atoms with Gasteiger partial charge in [0.15, 0.2) is 0 Å². The van der Waals surface area contributed by atoms with Gasteiger partial charge in [0.1, 0.15) is 0 Å². The lowest BCUT2D eigenvalue weighted by Crippen LogP contribution is -2.26. The highest BCUT2D eigenvalue weighted by Crippen LogP contribution is 2.36. The summed E-state index contributed by atoms with van der Waals surface area (Å²) in [6, 6.07) is 0. The molecule has 2 unspecified atom stereocenters. The van der Waals surface area contributed by atoms with E-state index in [1.165, 1.54) is 48.8 Å². The van der Waals surface area contributed by atoms with Crippen LogP contribution >= 0.6 is 0 Å². The minimum Gasteiger partial charge on any atom is -0.0775 e. The Labute approximate surface area is 165 Å². The first-order valence-corrected chi connectivity index (χ1v) is 12.2. The van der Waals surface area contributed by atoms with Crippen molar-refractivity contribution < 1.29 is 0 Å². The molecule has 2 atom stereocenters. The first kappa shape index (κ1) is 21.2. The topological polar surface area (TPSA) is 0 Å². The van der Waals surface area contributed by atoms with E-state index in [1.54, 1.807) is 27.1 Å². The average Bonchev–Trinajstić information content (AvgIpc) is 3.04. The van der Waals surface area contributed by atoms with Crippen LogP contribution in [0.25, 0.3) is 0 Å². The van der Waals surface area contributed by atoms with Crippen molar-refractivity contribution in [3.63, 3.8) is 0 Å². The second-order valence-electron chi connectivity index (χ2n) is 8.53. The van der Waals surface area contributed by atoms with Gasteiger partial charge in [0.25, 0.3) is 0 Å². The second kappa shape index (κ2) is 9.22. The summed E-state index contributed by atoms with van der Waals surface area (Å²) in [5.41, 5.74) is 9.45. The minimum absolute atomic E-state index is 0.419. The minimum atomic E-state index is -0.419. The largest absolute Gasteiger partial charge is 0.0882 e. The Morgan fingerprint density at radius 3 is 2.00 bits per heavy atom. The summed E-state index contributed by atoms with van der Waals surface area (Å²) in [5.74, 6) is 1.44. The van der Waals surface area contributed by atoms with Crippen LogP contribution in [0.5, 0.6) is 0 Å². The van der Waals surface area contributed by atoms with Crippen LogP contribution in [0.15, 0.2) is 22.9 Å². The summed E-state index contributed by atoms with van der Waals surface area (Å²) < 4.78 is 0. The highest BCUT2D eigenvalue weighted by molar-refractivity contribution is 6.63. The van der Waals surface area contributed by atoms with E-state index in [4.69, 9.17) is 0 Å². The quantitative estimate of drug-likeness (QED) is 0.385. The van der Waals surface area contributed by atoms with Crippen molar-refractivity contribution in [2.75, 3.05) is 0 Å². The zero-order valence-corrected chi connectivity index (χ0v) is 20.0. The summed E-state index contributed by atoms with van der Waals surface area (Å²) in [6.45, 7) is 18.8. The molecule has 0 aliphatic heterocycles. The molecule has 1 heteroatoms. The van der Waals surface area contributed by atoms with Gasteiger partial charge in [0.05, 0.1) is 9.52 Å². The highest BCUT2D eigenvalue weighted by Gasteiger charge is 2.25. The van der Waals surface area contributed by atoms with Crippen molar-refractivity contribution in [3.8, 4) is 0 Å². The van der Waals surface area contributed by atoms with E-state index in [-0.39, 0.29) is 0 Å². The van der Waals surface area contributed by atoms with Gasteiger partial charge in [-0.2, -0.15) is 0 Å². The molecular formula is C25H40Si. The van der Waals surface area contributed by atoms with Gasteiger partial charge >= 0.3 is 0 Å². The number of rotatable bonds is 8. The molecule has 1 aromatic rings. The van der Waals surface area contributed by atoms with Crippen LogP contribution < -0.4 is 5.19 Å². The van der Waals surface area contributed by atoms with Gasteiger partial charge in [0, 0.05) is 0 Å². The fraction of sp³-hybridized carbons (Fsp3) is 0.600. The van der Waals surface area contributed by atoms with Gasteiger partial charge < -0.3 is 0 Å². The molecule has 0 heterocycles. The second-order valence-corrected chi connectivity index (χ2v) is 10.4. The van der Waals surface area contributed by atoms with E-state index >= 15 is 0 Å². The molecule has 26 heavy (non-hydrogen) atoms. The maximum absolute atomic E-state index is 2.54. The third kappa shape index (κ3) is 4.25. The Kier molecular flexibility index (Phi) is 7.52. The molecule has 0 nitrogen and oxygen atoms in total. The van der Waals surface area contributed by atoms with Gasteiger partial charge in [-0.3, -0.25) is 0 Å². The van der Waals surface area contributed by atoms with Gasteiger partial charge in [-0.05, 0) is 87.1 Å². The molecule has 0 bridgehead atoms. The third-order valence-electron chi connectivity index (χ3n) is 7.08. The normalized spacial score (nSPS) is 18.5. The van der Waals surface area contributed by atoms with Crippen molar-refractivity contribution in [2.45, 2.75) is 87.5 Å². The number of hydrogen-bond donors (Lipinski definition) is 0. The molecule has 0 amide bonds. The monoisotopic (exact) mass is 368 g/mol. The SMILES string of the molecule is CCCCCC1C=CC([SiH2]c2c(C)c(C)c(C)c(C)c2C)=C1C(C)CC. The van der Waals surface area contributed by atoms with E-state index in [1.807, 2.05) is 0 Å². The molecule has 1 aliphatic carbocycles. The van der Waals surface area contributed by atoms with E-state index in [0.717, 1.165) is 5.92 Å². The van der Waals surface area contributed by atoms with Gasteiger partial charge in [0.2, 0.25) is 0 Å². The van der Waals surface area contributed by atoms with Crippen LogP contribution in [-0.2, 0) is 0 Å². The summed E-state index contributed by atoms with van der Waals surface area (Å²) >= 11 is 0. The zero-order valence-electron chi connectivity index (χ0n) is 18.6. The van der Waals surface area contributed by atoms with Gasteiger partial charge in [-0.25, -0.2) is 0 Å². The Bertz CT molecular complexity index is 676. The zero-order chi connectivity index (χ0) is 19.4. The summed E-state index contributed by atoms with van der Waals surface area (Å²) in [5, 5.41) is 3.45. The van der Waals surface area contributed by atoms with Crippen molar-refractivity contribution in [1.29, 1.82) is 0 Å². The standard InChI is InChI=1S/C25H40Si/c1-9-11-12-13-22-14-15-23(24(22)16(3)10-2)26-25-20(7)18(5)17(4)19(6)21(25)8/h14-16,22H,9-13,26H2,1-8H3. The van der Waals surface area contributed by atoms with E-state index in [2.05, 4.69) is 67.5 Å². The van der Waals surface area contributed by atoms with Gasteiger partial charge in [-0.1, -0.05) is 68.1 Å². The molecule has 0 saturated heterocycles. The van der Waals surface area contributed by atoms with Crippen molar-refractivity contribution >= 4 is 14.7 Å². The molecule has 0 saturated carbocycles. The van der Waals surface area contributed by atoms with E-state index in [9.17, 15) is 0 Å². The Hall–Kier alpha value is -1.08. The van der Waals surface area contributed by atoms with Crippen LogP contribution in [-0.4, -0.2) is 9.52 Å². The Balaban J connectivity index is 2.40. The lowest BCUT2D eigenvalue weighted by Gasteiger charge is -2.23. The molecule has 0 aromatic heterocycles. The molecular weight excluding hydrogens is 328 g/mol.